The molecular formula is C31H23ClN2O6S. The molecule has 0 atom stereocenters. The fourth-order valence-corrected chi connectivity index (χ4v) is 5.12. The molecule has 10 heteroatoms. The van der Waals surface area contributed by atoms with Crippen molar-refractivity contribution in [1.29, 1.82) is 0 Å². The molecule has 41 heavy (non-hydrogen) atoms. The van der Waals surface area contributed by atoms with Crippen molar-refractivity contribution < 1.29 is 28.5 Å². The Morgan fingerprint density at radius 3 is 2.12 bits per heavy atom. The number of rotatable bonds is 10. The molecule has 1 aromatic heterocycles. The largest absolute Gasteiger partial charge is 0.493 e. The molecule has 8 nitrogen and oxygen atoms in total. The number of hydrogen-bond acceptors (Lipinski definition) is 8. The molecule has 0 aliphatic carbocycles. The third-order valence-corrected chi connectivity index (χ3v) is 7.34. The highest BCUT2D eigenvalue weighted by atomic mass is 35.5. The molecule has 0 bridgehead atoms. The summed E-state index contributed by atoms with van der Waals surface area (Å²) in [4.78, 5) is 26.1. The van der Waals surface area contributed by atoms with Crippen molar-refractivity contribution in [2.75, 3.05) is 7.11 Å². The maximum Gasteiger partial charge on any atom is 0.355 e. The molecule has 4 aromatic carbocycles. The molecule has 0 fully saturated rings. The first-order valence-electron chi connectivity index (χ1n) is 12.4. The van der Waals surface area contributed by atoms with Gasteiger partial charge in [0.05, 0.1) is 18.3 Å². The maximum absolute atomic E-state index is 12.9. The molecule has 1 amide bonds. The van der Waals surface area contributed by atoms with Gasteiger partial charge in [-0.1, -0.05) is 66.2 Å². The van der Waals surface area contributed by atoms with Gasteiger partial charge in [0.25, 0.3) is 0 Å². The Bertz CT molecular complexity index is 1650. The van der Waals surface area contributed by atoms with Crippen LogP contribution in [0.4, 0.5) is 0 Å². The molecule has 1 heterocycles. The van der Waals surface area contributed by atoms with Gasteiger partial charge in [-0.15, -0.1) is 11.3 Å². The molecular weight excluding hydrogens is 564 g/mol. The van der Waals surface area contributed by atoms with Gasteiger partial charge in [-0.25, -0.2) is 10.2 Å². The summed E-state index contributed by atoms with van der Waals surface area (Å²) in [5.41, 5.74) is 3.01. The van der Waals surface area contributed by atoms with E-state index in [1.165, 1.54) is 24.7 Å². The Kier molecular flexibility index (Phi) is 8.78. The molecule has 0 unspecified atom stereocenters. The number of para-hydroxylation sites is 2. The predicted octanol–water partition coefficient (Wildman–Crippen LogP) is 6.72. The lowest BCUT2D eigenvalue weighted by Crippen LogP contribution is -2.40. The van der Waals surface area contributed by atoms with Crippen LogP contribution in [0, 0.1) is 0 Å². The maximum atomic E-state index is 12.9. The van der Waals surface area contributed by atoms with Crippen LogP contribution in [-0.4, -0.2) is 31.5 Å². The van der Waals surface area contributed by atoms with Crippen LogP contribution in [0.15, 0.2) is 108 Å². The Morgan fingerprint density at radius 2 is 1.49 bits per heavy atom. The Morgan fingerprint density at radius 1 is 0.854 bits per heavy atom. The number of hydrogen-bond donors (Lipinski definition) is 1. The van der Waals surface area contributed by atoms with Gasteiger partial charge in [0.1, 0.15) is 16.4 Å². The highest BCUT2D eigenvalue weighted by molar-refractivity contribution is 7.21. The van der Waals surface area contributed by atoms with Crippen LogP contribution in [-0.2, 0) is 4.79 Å². The van der Waals surface area contributed by atoms with E-state index in [1.807, 2.05) is 36.4 Å². The smallest absolute Gasteiger partial charge is 0.355 e. The minimum absolute atomic E-state index is 0.208. The van der Waals surface area contributed by atoms with Gasteiger partial charge < -0.3 is 18.9 Å². The van der Waals surface area contributed by atoms with Crippen molar-refractivity contribution >= 4 is 51.1 Å². The number of methoxy groups -OCH3 is 1. The third-order valence-electron chi connectivity index (χ3n) is 5.69. The van der Waals surface area contributed by atoms with Crippen LogP contribution < -0.4 is 24.4 Å². The van der Waals surface area contributed by atoms with E-state index in [9.17, 15) is 9.59 Å². The number of esters is 1. The van der Waals surface area contributed by atoms with Crippen LogP contribution in [0.2, 0.25) is 5.02 Å². The topological polar surface area (TPSA) is 95.5 Å². The quantitative estimate of drug-likeness (QED) is 0.0642. The van der Waals surface area contributed by atoms with Gasteiger partial charge in [0, 0.05) is 10.1 Å². The summed E-state index contributed by atoms with van der Waals surface area (Å²) in [5, 5.41) is 5.17. The summed E-state index contributed by atoms with van der Waals surface area (Å²) in [6, 6.07) is 30.0. The van der Waals surface area contributed by atoms with Gasteiger partial charge in [0.15, 0.2) is 11.5 Å². The van der Waals surface area contributed by atoms with Crippen molar-refractivity contribution in [3.05, 3.63) is 119 Å². The molecule has 1 N–H and O–H groups in total. The first kappa shape index (κ1) is 27.7. The van der Waals surface area contributed by atoms with Crippen molar-refractivity contribution in [3.8, 4) is 23.0 Å². The van der Waals surface area contributed by atoms with Crippen LogP contribution in [0.3, 0.4) is 0 Å². The molecule has 5 rings (SSSR count). The summed E-state index contributed by atoms with van der Waals surface area (Å²) < 4.78 is 23.4. The average Bonchev–Trinajstić information content (AvgIpc) is 3.35. The number of amides is 1. The standard InChI is InChI=1S/C31H23ClN2O6S/c1-37-25-18-20(16-17-24(25)40-30(36)28-27(32)23-14-8-9-15-26(23)41-28)19-33-34-29(35)31(38-21-10-4-2-5-11-21)39-22-12-6-3-7-13-22/h2-19,31H,1H3,(H,34,35)/b33-19+. The lowest BCUT2D eigenvalue weighted by molar-refractivity contribution is -0.140. The van der Waals surface area contributed by atoms with E-state index in [0.717, 1.165) is 10.1 Å². The number of halogens is 1. The van der Waals surface area contributed by atoms with Crippen molar-refractivity contribution in [2.45, 2.75) is 6.29 Å². The van der Waals surface area contributed by atoms with E-state index in [2.05, 4.69) is 10.5 Å². The summed E-state index contributed by atoms with van der Waals surface area (Å²) in [6.45, 7) is 0. The second-order valence-corrected chi connectivity index (χ2v) is 9.90. The molecule has 0 spiro atoms. The van der Waals surface area contributed by atoms with E-state index in [1.54, 1.807) is 66.7 Å². The first-order valence-corrected chi connectivity index (χ1v) is 13.5. The zero-order chi connectivity index (χ0) is 28.6. The number of thiophene rings is 1. The van der Waals surface area contributed by atoms with Crippen molar-refractivity contribution in [3.63, 3.8) is 0 Å². The van der Waals surface area contributed by atoms with E-state index >= 15 is 0 Å². The third kappa shape index (κ3) is 6.84. The molecule has 0 saturated carbocycles. The van der Waals surface area contributed by atoms with Crippen molar-refractivity contribution in [2.24, 2.45) is 5.10 Å². The normalized spacial score (nSPS) is 11.0. The minimum atomic E-state index is -1.30. The molecule has 0 aliphatic rings. The van der Waals surface area contributed by atoms with Crippen LogP contribution in [0.5, 0.6) is 23.0 Å². The number of fused-ring (bicyclic) bond motifs is 1. The minimum Gasteiger partial charge on any atom is -0.493 e. The molecule has 5 aromatic rings. The summed E-state index contributed by atoms with van der Waals surface area (Å²) in [6.07, 6.45) is 0.116. The highest BCUT2D eigenvalue weighted by Gasteiger charge is 2.23. The van der Waals surface area contributed by atoms with Crippen molar-refractivity contribution in [1.82, 2.24) is 5.43 Å². The first-order chi connectivity index (χ1) is 20.0. The Hall–Kier alpha value is -4.86. The Labute approximate surface area is 244 Å². The van der Waals surface area contributed by atoms with Gasteiger partial charge in [-0.05, 0) is 54.1 Å². The zero-order valence-corrected chi connectivity index (χ0v) is 23.2. The summed E-state index contributed by atoms with van der Waals surface area (Å²) in [7, 11) is 1.45. The van der Waals surface area contributed by atoms with Crippen LogP contribution in [0.1, 0.15) is 15.2 Å². The second kappa shape index (κ2) is 13.0. The molecule has 0 saturated heterocycles. The van der Waals surface area contributed by atoms with Gasteiger partial charge >= 0.3 is 18.2 Å². The molecule has 0 aliphatic heterocycles. The fraction of sp³-hybridized carbons (Fsp3) is 0.0645. The summed E-state index contributed by atoms with van der Waals surface area (Å²) in [5.74, 6) is 0.208. The van der Waals surface area contributed by atoms with Gasteiger partial charge in [-0.2, -0.15) is 5.10 Å². The van der Waals surface area contributed by atoms with E-state index < -0.39 is 18.2 Å². The van der Waals surface area contributed by atoms with Gasteiger partial charge in [-0.3, -0.25) is 4.79 Å². The number of nitrogens with zero attached hydrogens (tertiary/aromatic N) is 1. The number of ether oxygens (including phenoxy) is 4. The fourth-order valence-electron chi connectivity index (χ4n) is 3.74. The number of benzene rings is 4. The van der Waals surface area contributed by atoms with E-state index in [0.29, 0.717) is 32.7 Å². The number of nitrogens with one attached hydrogen (secondary N) is 1. The highest BCUT2D eigenvalue weighted by Crippen LogP contribution is 2.37. The zero-order valence-electron chi connectivity index (χ0n) is 21.7. The summed E-state index contributed by atoms with van der Waals surface area (Å²) >= 11 is 7.68. The number of carbonyl (C=O) groups excluding carboxylic acids is 2. The lowest BCUT2D eigenvalue weighted by atomic mass is 10.2. The number of carbonyl (C=O) groups is 2. The van der Waals surface area contributed by atoms with E-state index in [-0.39, 0.29) is 5.75 Å². The molecule has 0 radical (unpaired) electrons. The van der Waals surface area contributed by atoms with Gasteiger partial charge in [0.2, 0.25) is 0 Å². The van der Waals surface area contributed by atoms with Crippen LogP contribution >= 0.6 is 22.9 Å². The second-order valence-electron chi connectivity index (χ2n) is 8.47. The number of hydrazone groups is 1. The monoisotopic (exact) mass is 586 g/mol. The predicted molar refractivity (Wildman–Crippen MR) is 158 cm³/mol. The SMILES string of the molecule is COc1cc(/C=N/NC(=O)C(Oc2ccccc2)Oc2ccccc2)ccc1OC(=O)c1sc2ccccc2c1Cl. The van der Waals surface area contributed by atoms with Crippen LogP contribution in [0.25, 0.3) is 10.1 Å². The average molecular weight is 587 g/mol. The molecule has 206 valence electrons. The Balaban J connectivity index is 1.26. The van der Waals surface area contributed by atoms with E-state index in [4.69, 9.17) is 30.5 Å². The lowest BCUT2D eigenvalue weighted by Gasteiger charge is -2.18.